The second-order valence-corrected chi connectivity index (χ2v) is 5.40. The first kappa shape index (κ1) is 13.0. The lowest BCUT2D eigenvalue weighted by atomic mass is 9.89. The molecule has 0 heterocycles. The van der Waals surface area contributed by atoms with Gasteiger partial charge in [-0.1, -0.05) is 33.1 Å². The Bertz CT molecular complexity index is 153. The molecule has 0 unspecified atom stereocenters. The Morgan fingerprint density at radius 3 is 2.40 bits per heavy atom. The molecule has 0 bridgehead atoms. The van der Waals surface area contributed by atoms with Gasteiger partial charge < -0.3 is 5.11 Å². The van der Waals surface area contributed by atoms with E-state index >= 15 is 0 Å². The van der Waals surface area contributed by atoms with Gasteiger partial charge in [0.25, 0.3) is 0 Å². The van der Waals surface area contributed by atoms with Gasteiger partial charge in [0, 0.05) is 13.1 Å². The Hall–Kier alpha value is -0.0800. The highest BCUT2D eigenvalue weighted by atomic mass is 16.3. The molecular formula is C13H27NO. The summed E-state index contributed by atoms with van der Waals surface area (Å²) in [5, 5.41) is 9.30. The third-order valence-electron chi connectivity index (χ3n) is 3.46. The quantitative estimate of drug-likeness (QED) is 0.686. The average Bonchev–Trinajstić information content (AvgIpc) is 2.25. The van der Waals surface area contributed by atoms with Crippen molar-refractivity contribution in [3.05, 3.63) is 0 Å². The van der Waals surface area contributed by atoms with Crippen LogP contribution in [0.5, 0.6) is 0 Å². The zero-order valence-electron chi connectivity index (χ0n) is 10.4. The zero-order valence-corrected chi connectivity index (χ0v) is 10.4. The SMILES string of the molecule is CC(C)CCN(CO)CC1CCCCC1. The second kappa shape index (κ2) is 7.24. The molecule has 0 aromatic carbocycles. The summed E-state index contributed by atoms with van der Waals surface area (Å²) in [5.41, 5.74) is 0. The summed E-state index contributed by atoms with van der Waals surface area (Å²) < 4.78 is 0. The summed E-state index contributed by atoms with van der Waals surface area (Å²) >= 11 is 0. The predicted molar refractivity (Wildman–Crippen MR) is 64.7 cm³/mol. The molecule has 0 aliphatic heterocycles. The lowest BCUT2D eigenvalue weighted by Crippen LogP contribution is -2.32. The van der Waals surface area contributed by atoms with Crippen molar-refractivity contribution in [3.8, 4) is 0 Å². The predicted octanol–water partition coefficient (Wildman–Crippen LogP) is 2.86. The van der Waals surface area contributed by atoms with E-state index in [9.17, 15) is 5.11 Å². The summed E-state index contributed by atoms with van der Waals surface area (Å²) in [6, 6.07) is 0. The summed E-state index contributed by atoms with van der Waals surface area (Å²) in [6.07, 6.45) is 8.16. The molecule has 0 atom stereocenters. The van der Waals surface area contributed by atoms with Crippen LogP contribution in [0.4, 0.5) is 0 Å². The van der Waals surface area contributed by atoms with E-state index in [4.69, 9.17) is 0 Å². The minimum absolute atomic E-state index is 0.239. The first-order chi connectivity index (χ1) is 7.22. The van der Waals surface area contributed by atoms with E-state index in [1.54, 1.807) is 0 Å². The van der Waals surface area contributed by atoms with Crippen LogP contribution in [0.3, 0.4) is 0 Å². The molecule has 0 radical (unpaired) electrons. The molecule has 0 aromatic rings. The smallest absolute Gasteiger partial charge is 0.0956 e. The van der Waals surface area contributed by atoms with Crippen LogP contribution in [0.2, 0.25) is 0 Å². The van der Waals surface area contributed by atoms with Gasteiger partial charge in [0.2, 0.25) is 0 Å². The summed E-state index contributed by atoms with van der Waals surface area (Å²) in [4.78, 5) is 2.22. The number of nitrogens with zero attached hydrogens (tertiary/aromatic N) is 1. The van der Waals surface area contributed by atoms with Crippen LogP contribution in [-0.4, -0.2) is 29.8 Å². The molecule has 0 saturated heterocycles. The first-order valence-corrected chi connectivity index (χ1v) is 6.55. The molecule has 90 valence electrons. The molecule has 1 fully saturated rings. The van der Waals surface area contributed by atoms with Crippen LogP contribution in [-0.2, 0) is 0 Å². The van der Waals surface area contributed by atoms with Crippen molar-refractivity contribution in [1.29, 1.82) is 0 Å². The van der Waals surface area contributed by atoms with Crippen LogP contribution in [0.15, 0.2) is 0 Å². The molecule has 0 spiro atoms. The molecule has 15 heavy (non-hydrogen) atoms. The molecule has 1 aliphatic carbocycles. The van der Waals surface area contributed by atoms with Gasteiger partial charge in [0.15, 0.2) is 0 Å². The van der Waals surface area contributed by atoms with Crippen molar-refractivity contribution in [2.24, 2.45) is 11.8 Å². The van der Waals surface area contributed by atoms with Crippen molar-refractivity contribution in [3.63, 3.8) is 0 Å². The van der Waals surface area contributed by atoms with Crippen molar-refractivity contribution in [2.45, 2.75) is 52.4 Å². The number of aliphatic hydroxyl groups excluding tert-OH is 1. The molecule has 1 rings (SSSR count). The van der Waals surface area contributed by atoms with E-state index in [1.807, 2.05) is 0 Å². The Morgan fingerprint density at radius 2 is 1.87 bits per heavy atom. The maximum Gasteiger partial charge on any atom is 0.0956 e. The van der Waals surface area contributed by atoms with Crippen LogP contribution in [0, 0.1) is 11.8 Å². The Labute approximate surface area is 94.7 Å². The van der Waals surface area contributed by atoms with Crippen LogP contribution in [0.1, 0.15) is 52.4 Å². The van der Waals surface area contributed by atoms with E-state index in [0.717, 1.165) is 24.9 Å². The fourth-order valence-electron chi connectivity index (χ4n) is 2.40. The maximum absolute atomic E-state index is 9.30. The second-order valence-electron chi connectivity index (χ2n) is 5.40. The van der Waals surface area contributed by atoms with Crippen LogP contribution < -0.4 is 0 Å². The summed E-state index contributed by atoms with van der Waals surface area (Å²) in [6.45, 7) is 6.91. The van der Waals surface area contributed by atoms with E-state index in [0.29, 0.717) is 0 Å². The third kappa shape index (κ3) is 5.53. The van der Waals surface area contributed by atoms with Crippen molar-refractivity contribution in [2.75, 3.05) is 19.8 Å². The highest BCUT2D eigenvalue weighted by molar-refractivity contribution is 4.69. The summed E-state index contributed by atoms with van der Waals surface area (Å²) in [7, 11) is 0. The third-order valence-corrected chi connectivity index (χ3v) is 3.46. The van der Waals surface area contributed by atoms with E-state index in [-0.39, 0.29) is 6.73 Å². The van der Waals surface area contributed by atoms with E-state index in [1.165, 1.54) is 38.5 Å². The molecule has 0 aromatic heterocycles. The summed E-state index contributed by atoms with van der Waals surface area (Å²) in [5.74, 6) is 1.59. The number of hydrogen-bond acceptors (Lipinski definition) is 2. The fourth-order valence-corrected chi connectivity index (χ4v) is 2.40. The number of aliphatic hydroxyl groups is 1. The van der Waals surface area contributed by atoms with Gasteiger partial charge in [0.1, 0.15) is 0 Å². The van der Waals surface area contributed by atoms with Gasteiger partial charge >= 0.3 is 0 Å². The molecule has 2 nitrogen and oxygen atoms in total. The molecule has 1 saturated carbocycles. The lowest BCUT2D eigenvalue weighted by molar-refractivity contribution is 0.0798. The minimum atomic E-state index is 0.239. The molecule has 1 N–H and O–H groups in total. The lowest BCUT2D eigenvalue weighted by Gasteiger charge is -2.28. The van der Waals surface area contributed by atoms with Gasteiger partial charge in [-0.25, -0.2) is 0 Å². The average molecular weight is 213 g/mol. The molecule has 1 aliphatic rings. The Kier molecular flexibility index (Phi) is 6.26. The fraction of sp³-hybridized carbons (Fsp3) is 1.00. The first-order valence-electron chi connectivity index (χ1n) is 6.55. The molecule has 0 amide bonds. The van der Waals surface area contributed by atoms with Crippen LogP contribution >= 0.6 is 0 Å². The largest absolute Gasteiger partial charge is 0.381 e. The van der Waals surface area contributed by atoms with Gasteiger partial charge in [0.05, 0.1) is 6.73 Å². The van der Waals surface area contributed by atoms with Gasteiger partial charge in [-0.15, -0.1) is 0 Å². The normalized spacial score (nSPS) is 19.0. The zero-order chi connectivity index (χ0) is 11.1. The topological polar surface area (TPSA) is 23.5 Å². The highest BCUT2D eigenvalue weighted by Crippen LogP contribution is 2.24. The standard InChI is InChI=1S/C13H27NO/c1-12(2)8-9-14(11-15)10-13-6-4-3-5-7-13/h12-13,15H,3-11H2,1-2H3. The minimum Gasteiger partial charge on any atom is -0.381 e. The van der Waals surface area contributed by atoms with Gasteiger partial charge in [-0.3, -0.25) is 4.90 Å². The van der Waals surface area contributed by atoms with Gasteiger partial charge in [-0.2, -0.15) is 0 Å². The highest BCUT2D eigenvalue weighted by Gasteiger charge is 2.16. The Morgan fingerprint density at radius 1 is 1.20 bits per heavy atom. The van der Waals surface area contributed by atoms with Crippen molar-refractivity contribution < 1.29 is 5.11 Å². The number of hydrogen-bond donors (Lipinski definition) is 1. The van der Waals surface area contributed by atoms with Crippen LogP contribution in [0.25, 0.3) is 0 Å². The van der Waals surface area contributed by atoms with E-state index in [2.05, 4.69) is 18.7 Å². The monoisotopic (exact) mass is 213 g/mol. The number of rotatable bonds is 6. The van der Waals surface area contributed by atoms with E-state index < -0.39 is 0 Å². The molecular weight excluding hydrogens is 186 g/mol. The maximum atomic E-state index is 9.30. The van der Waals surface area contributed by atoms with Crippen molar-refractivity contribution in [1.82, 2.24) is 4.90 Å². The Balaban J connectivity index is 2.19. The molecule has 2 heteroatoms. The van der Waals surface area contributed by atoms with Gasteiger partial charge in [-0.05, 0) is 31.1 Å². The van der Waals surface area contributed by atoms with Crippen molar-refractivity contribution >= 4 is 0 Å².